The second-order valence-corrected chi connectivity index (χ2v) is 6.45. The summed E-state index contributed by atoms with van der Waals surface area (Å²) in [6, 6.07) is 6.86. The Morgan fingerprint density at radius 3 is 2.79 bits per heavy atom. The maximum absolute atomic E-state index is 4.21. The van der Waals surface area contributed by atoms with Gasteiger partial charge < -0.3 is 5.32 Å². The summed E-state index contributed by atoms with van der Waals surface area (Å²) in [5, 5.41) is 8.37. The van der Waals surface area contributed by atoms with E-state index in [0.717, 1.165) is 21.1 Å². The Labute approximate surface area is 126 Å². The number of aromatic nitrogens is 3. The average molecular weight is 341 g/mol. The van der Waals surface area contributed by atoms with Crippen molar-refractivity contribution in [1.82, 2.24) is 20.1 Å². The lowest BCUT2D eigenvalue weighted by molar-refractivity contribution is 0.587. The van der Waals surface area contributed by atoms with Crippen molar-refractivity contribution in [1.29, 1.82) is 0 Å². The van der Waals surface area contributed by atoms with Crippen LogP contribution in [0.1, 0.15) is 19.4 Å². The molecule has 102 valence electrons. The molecule has 0 fully saturated rings. The van der Waals surface area contributed by atoms with Gasteiger partial charge in [0, 0.05) is 29.0 Å². The normalized spacial score (nSPS) is 11.2. The van der Waals surface area contributed by atoms with Crippen LogP contribution in [0.2, 0.25) is 0 Å². The first-order valence-corrected chi connectivity index (χ1v) is 7.71. The number of hydrogen-bond acceptors (Lipinski definition) is 4. The van der Waals surface area contributed by atoms with Gasteiger partial charge in [-0.05, 0) is 17.7 Å². The fourth-order valence-corrected chi connectivity index (χ4v) is 3.01. The lowest BCUT2D eigenvalue weighted by atomic mass is 10.2. The molecule has 0 spiro atoms. The van der Waals surface area contributed by atoms with Crippen LogP contribution in [-0.4, -0.2) is 20.8 Å². The van der Waals surface area contributed by atoms with E-state index in [0.29, 0.717) is 6.04 Å². The van der Waals surface area contributed by atoms with Crippen molar-refractivity contribution in [3.63, 3.8) is 0 Å². The molecule has 0 radical (unpaired) electrons. The third-order valence-electron chi connectivity index (χ3n) is 2.60. The van der Waals surface area contributed by atoms with E-state index in [9.17, 15) is 0 Å². The third-order valence-corrected chi connectivity index (χ3v) is 4.38. The van der Waals surface area contributed by atoms with Gasteiger partial charge in [0.25, 0.3) is 0 Å². The second kappa shape index (κ2) is 6.54. The maximum atomic E-state index is 4.21. The Bertz CT molecular complexity index is 553. The SMILES string of the molecule is CC(C)NCc1ccc(Sc2ncnn2C)cc1Br. The van der Waals surface area contributed by atoms with Crippen LogP contribution in [0.4, 0.5) is 0 Å². The summed E-state index contributed by atoms with van der Waals surface area (Å²) in [6.07, 6.45) is 1.57. The molecule has 0 aliphatic heterocycles. The number of halogens is 1. The molecule has 0 atom stereocenters. The molecule has 2 rings (SSSR count). The standard InChI is InChI=1S/C13H17BrN4S/c1-9(2)15-7-10-4-5-11(6-12(10)14)19-13-16-8-17-18(13)3/h4-6,8-9,15H,7H2,1-3H3. The zero-order valence-corrected chi connectivity index (χ0v) is 13.6. The van der Waals surface area contributed by atoms with E-state index in [1.54, 1.807) is 22.8 Å². The molecule has 1 heterocycles. The Morgan fingerprint density at radius 1 is 1.42 bits per heavy atom. The molecule has 0 aliphatic rings. The maximum Gasteiger partial charge on any atom is 0.190 e. The molecule has 19 heavy (non-hydrogen) atoms. The first kappa shape index (κ1) is 14.6. The van der Waals surface area contributed by atoms with Crippen LogP contribution in [0.25, 0.3) is 0 Å². The van der Waals surface area contributed by atoms with Crippen LogP contribution in [0.15, 0.2) is 39.1 Å². The van der Waals surface area contributed by atoms with Gasteiger partial charge >= 0.3 is 0 Å². The summed E-state index contributed by atoms with van der Waals surface area (Å²) < 4.78 is 2.89. The van der Waals surface area contributed by atoms with Gasteiger partial charge in [-0.2, -0.15) is 5.10 Å². The molecule has 2 aromatic rings. The Hall–Kier alpha value is -0.850. The Morgan fingerprint density at radius 2 is 2.21 bits per heavy atom. The predicted molar refractivity (Wildman–Crippen MR) is 81.2 cm³/mol. The van der Waals surface area contributed by atoms with Crippen molar-refractivity contribution >= 4 is 27.7 Å². The van der Waals surface area contributed by atoms with Crippen molar-refractivity contribution < 1.29 is 0 Å². The quantitative estimate of drug-likeness (QED) is 0.907. The van der Waals surface area contributed by atoms with E-state index in [2.05, 4.69) is 63.4 Å². The summed E-state index contributed by atoms with van der Waals surface area (Å²) in [4.78, 5) is 5.36. The summed E-state index contributed by atoms with van der Waals surface area (Å²) in [5.41, 5.74) is 1.26. The van der Waals surface area contributed by atoms with Gasteiger partial charge in [0.2, 0.25) is 0 Å². The molecule has 1 N–H and O–H groups in total. The smallest absolute Gasteiger partial charge is 0.190 e. The number of nitrogens with one attached hydrogen (secondary N) is 1. The van der Waals surface area contributed by atoms with Gasteiger partial charge in [0.05, 0.1) is 0 Å². The minimum absolute atomic E-state index is 0.486. The number of aryl methyl sites for hydroxylation is 1. The molecule has 6 heteroatoms. The fourth-order valence-electron chi connectivity index (χ4n) is 1.53. The van der Waals surface area contributed by atoms with Gasteiger partial charge in [0.1, 0.15) is 6.33 Å². The fraction of sp³-hybridized carbons (Fsp3) is 0.385. The van der Waals surface area contributed by atoms with E-state index >= 15 is 0 Å². The number of benzene rings is 1. The molecule has 0 aliphatic carbocycles. The number of hydrogen-bond donors (Lipinski definition) is 1. The molecular formula is C13H17BrN4S. The molecule has 0 bridgehead atoms. The van der Waals surface area contributed by atoms with Crippen LogP contribution in [-0.2, 0) is 13.6 Å². The van der Waals surface area contributed by atoms with Crippen LogP contribution in [0.3, 0.4) is 0 Å². The van der Waals surface area contributed by atoms with Gasteiger partial charge in [-0.1, -0.05) is 47.6 Å². The summed E-state index contributed by atoms with van der Waals surface area (Å²) in [6.45, 7) is 5.16. The summed E-state index contributed by atoms with van der Waals surface area (Å²) >= 11 is 5.23. The van der Waals surface area contributed by atoms with Crippen molar-refractivity contribution in [2.24, 2.45) is 7.05 Å². The molecule has 1 aromatic carbocycles. The van der Waals surface area contributed by atoms with Gasteiger partial charge in [0.15, 0.2) is 5.16 Å². The van der Waals surface area contributed by atoms with Crippen molar-refractivity contribution in [3.8, 4) is 0 Å². The molecule has 1 aromatic heterocycles. The van der Waals surface area contributed by atoms with E-state index in [1.165, 1.54) is 5.56 Å². The molecule has 0 amide bonds. The topological polar surface area (TPSA) is 42.7 Å². The highest BCUT2D eigenvalue weighted by Gasteiger charge is 2.06. The number of nitrogens with zero attached hydrogens (tertiary/aromatic N) is 3. The average Bonchev–Trinajstić information content (AvgIpc) is 2.74. The Kier molecular flexibility index (Phi) is 5.01. The first-order valence-electron chi connectivity index (χ1n) is 6.10. The van der Waals surface area contributed by atoms with Crippen LogP contribution in [0, 0.1) is 0 Å². The van der Waals surface area contributed by atoms with Crippen LogP contribution < -0.4 is 5.32 Å². The molecular weight excluding hydrogens is 324 g/mol. The molecule has 0 unspecified atom stereocenters. The van der Waals surface area contributed by atoms with Crippen molar-refractivity contribution in [2.75, 3.05) is 0 Å². The van der Waals surface area contributed by atoms with Gasteiger partial charge in [-0.3, -0.25) is 0 Å². The summed E-state index contributed by atoms with van der Waals surface area (Å²) in [5.74, 6) is 0. The number of rotatable bonds is 5. The molecule has 4 nitrogen and oxygen atoms in total. The van der Waals surface area contributed by atoms with E-state index in [-0.39, 0.29) is 0 Å². The van der Waals surface area contributed by atoms with Crippen molar-refractivity contribution in [3.05, 3.63) is 34.6 Å². The van der Waals surface area contributed by atoms with E-state index in [4.69, 9.17) is 0 Å². The lowest BCUT2D eigenvalue weighted by Gasteiger charge is -2.10. The van der Waals surface area contributed by atoms with E-state index < -0.39 is 0 Å². The Balaban J connectivity index is 2.08. The predicted octanol–water partition coefficient (Wildman–Crippen LogP) is 3.23. The van der Waals surface area contributed by atoms with Gasteiger partial charge in [-0.15, -0.1) is 0 Å². The highest BCUT2D eigenvalue weighted by Crippen LogP contribution is 2.29. The second-order valence-electron chi connectivity index (χ2n) is 4.56. The van der Waals surface area contributed by atoms with Crippen molar-refractivity contribution in [2.45, 2.75) is 36.5 Å². The monoisotopic (exact) mass is 340 g/mol. The molecule has 0 saturated carbocycles. The third kappa shape index (κ3) is 4.06. The summed E-state index contributed by atoms with van der Waals surface area (Å²) in [7, 11) is 1.89. The zero-order chi connectivity index (χ0) is 13.8. The lowest BCUT2D eigenvalue weighted by Crippen LogP contribution is -2.21. The first-order chi connectivity index (χ1) is 9.06. The van der Waals surface area contributed by atoms with Crippen LogP contribution >= 0.6 is 27.7 Å². The zero-order valence-electron chi connectivity index (χ0n) is 11.2. The highest BCUT2D eigenvalue weighted by molar-refractivity contribution is 9.10. The van der Waals surface area contributed by atoms with Crippen LogP contribution in [0.5, 0.6) is 0 Å². The van der Waals surface area contributed by atoms with Gasteiger partial charge in [-0.25, -0.2) is 9.67 Å². The minimum Gasteiger partial charge on any atom is -0.310 e. The largest absolute Gasteiger partial charge is 0.310 e. The highest BCUT2D eigenvalue weighted by atomic mass is 79.9. The van der Waals surface area contributed by atoms with E-state index in [1.807, 2.05) is 7.05 Å². The molecule has 0 saturated heterocycles. The minimum atomic E-state index is 0.486.